The van der Waals surface area contributed by atoms with Crippen molar-refractivity contribution in [2.45, 2.75) is 13.5 Å². The van der Waals surface area contributed by atoms with Gasteiger partial charge in [0.25, 0.3) is 5.69 Å². The van der Waals surface area contributed by atoms with Crippen molar-refractivity contribution in [2.24, 2.45) is 0 Å². The Kier molecular flexibility index (Phi) is 3.47. The highest BCUT2D eigenvalue weighted by atomic mass is 35.5. The van der Waals surface area contributed by atoms with Crippen LogP contribution in [0, 0.1) is 17.0 Å². The third kappa shape index (κ3) is 2.60. The van der Waals surface area contributed by atoms with Crippen LogP contribution in [-0.4, -0.2) is 9.91 Å². The number of nitrogens with one attached hydrogen (secondary N) is 1. The molecule has 94 valence electrons. The van der Waals surface area contributed by atoms with Crippen LogP contribution in [0.3, 0.4) is 0 Å². The predicted octanol–water partition coefficient (Wildman–Crippen LogP) is 3.16. The van der Waals surface area contributed by atoms with E-state index in [1.165, 1.54) is 18.5 Å². The molecular weight excluding hydrogens is 258 g/mol. The lowest BCUT2D eigenvalue weighted by molar-refractivity contribution is -0.384. The van der Waals surface area contributed by atoms with E-state index in [2.05, 4.69) is 10.3 Å². The number of halogens is 1. The van der Waals surface area contributed by atoms with Gasteiger partial charge in [0.05, 0.1) is 17.7 Å². The van der Waals surface area contributed by atoms with Gasteiger partial charge in [-0.15, -0.1) is 0 Å². The van der Waals surface area contributed by atoms with Gasteiger partial charge in [-0.3, -0.25) is 10.1 Å². The summed E-state index contributed by atoms with van der Waals surface area (Å²) < 4.78 is 5.07. The van der Waals surface area contributed by atoms with Gasteiger partial charge in [-0.1, -0.05) is 11.6 Å². The van der Waals surface area contributed by atoms with E-state index in [9.17, 15) is 10.1 Å². The molecule has 0 aliphatic rings. The first-order valence-electron chi connectivity index (χ1n) is 5.13. The Morgan fingerprint density at radius 3 is 2.94 bits per heavy atom. The van der Waals surface area contributed by atoms with Gasteiger partial charge in [0.1, 0.15) is 10.8 Å². The van der Waals surface area contributed by atoms with Crippen molar-refractivity contribution in [1.29, 1.82) is 0 Å². The van der Waals surface area contributed by atoms with Crippen molar-refractivity contribution in [3.63, 3.8) is 0 Å². The first-order chi connectivity index (χ1) is 8.58. The topological polar surface area (TPSA) is 81.2 Å². The number of aromatic nitrogens is 1. The van der Waals surface area contributed by atoms with Gasteiger partial charge >= 0.3 is 0 Å². The van der Waals surface area contributed by atoms with Crippen molar-refractivity contribution in [2.75, 3.05) is 5.32 Å². The lowest BCUT2D eigenvalue weighted by Crippen LogP contribution is -2.01. The van der Waals surface area contributed by atoms with Gasteiger partial charge in [0.15, 0.2) is 6.39 Å². The van der Waals surface area contributed by atoms with Gasteiger partial charge < -0.3 is 9.73 Å². The van der Waals surface area contributed by atoms with Crippen LogP contribution in [0.4, 0.5) is 11.4 Å². The number of oxazole rings is 1. The van der Waals surface area contributed by atoms with Crippen molar-refractivity contribution in [3.05, 3.63) is 51.2 Å². The van der Waals surface area contributed by atoms with E-state index in [0.29, 0.717) is 12.3 Å². The van der Waals surface area contributed by atoms with Crippen LogP contribution in [0.1, 0.15) is 11.3 Å². The molecule has 0 fully saturated rings. The summed E-state index contributed by atoms with van der Waals surface area (Å²) in [6.07, 6.45) is 2.93. The number of anilines is 1. The molecule has 1 aromatic heterocycles. The number of nitro groups is 1. The molecule has 2 rings (SSSR count). The maximum absolute atomic E-state index is 10.7. The molecule has 18 heavy (non-hydrogen) atoms. The molecule has 0 atom stereocenters. The molecule has 0 bridgehead atoms. The van der Waals surface area contributed by atoms with Gasteiger partial charge in [0.2, 0.25) is 0 Å². The van der Waals surface area contributed by atoms with E-state index < -0.39 is 4.92 Å². The Balaban J connectivity index is 2.19. The summed E-state index contributed by atoms with van der Waals surface area (Å²) in [7, 11) is 0. The summed E-state index contributed by atoms with van der Waals surface area (Å²) in [4.78, 5) is 14.0. The predicted molar refractivity (Wildman–Crippen MR) is 66.7 cm³/mol. The number of nitro benzene ring substituents is 1. The zero-order valence-electron chi connectivity index (χ0n) is 9.51. The maximum Gasteiger partial charge on any atom is 0.288 e. The van der Waals surface area contributed by atoms with E-state index in [1.54, 1.807) is 13.1 Å². The normalized spacial score (nSPS) is 10.3. The molecular formula is C11H10ClN3O3. The molecule has 1 heterocycles. The average Bonchev–Trinajstić information content (AvgIpc) is 2.82. The van der Waals surface area contributed by atoms with Crippen LogP contribution in [-0.2, 0) is 6.54 Å². The van der Waals surface area contributed by atoms with Crippen LogP contribution >= 0.6 is 11.6 Å². The summed E-state index contributed by atoms with van der Waals surface area (Å²) in [5.74, 6) is 0.670. The summed E-state index contributed by atoms with van der Waals surface area (Å²) in [6.45, 7) is 2.21. The fourth-order valence-corrected chi connectivity index (χ4v) is 1.74. The number of hydrogen-bond acceptors (Lipinski definition) is 5. The third-order valence-corrected chi connectivity index (χ3v) is 2.73. The van der Waals surface area contributed by atoms with Crippen LogP contribution in [0.25, 0.3) is 0 Å². The standard InChI is InChI=1S/C11H10ClN3O3/c1-7-2-11(15(16)17)9(12)3-10(7)14-5-8-4-13-6-18-8/h2-4,6,14H,5H2,1H3. The number of hydrogen-bond donors (Lipinski definition) is 1. The zero-order chi connectivity index (χ0) is 13.1. The second-order valence-corrected chi connectivity index (χ2v) is 4.10. The van der Waals surface area contributed by atoms with Gasteiger partial charge in [-0.05, 0) is 18.6 Å². The molecule has 0 saturated carbocycles. The van der Waals surface area contributed by atoms with E-state index in [1.807, 2.05) is 0 Å². The number of rotatable bonds is 4. The van der Waals surface area contributed by atoms with Gasteiger partial charge in [-0.25, -0.2) is 4.98 Å². The Bertz CT molecular complexity index is 569. The average molecular weight is 268 g/mol. The first-order valence-corrected chi connectivity index (χ1v) is 5.51. The Morgan fingerprint density at radius 2 is 2.33 bits per heavy atom. The minimum Gasteiger partial charge on any atom is -0.447 e. The molecule has 1 aromatic carbocycles. The van der Waals surface area contributed by atoms with Crippen molar-refractivity contribution in [3.8, 4) is 0 Å². The summed E-state index contributed by atoms with van der Waals surface area (Å²) in [6, 6.07) is 2.97. The van der Waals surface area contributed by atoms with Crippen molar-refractivity contribution in [1.82, 2.24) is 4.98 Å². The molecule has 0 spiro atoms. The Labute approximate surface area is 108 Å². The Morgan fingerprint density at radius 1 is 1.56 bits per heavy atom. The minimum absolute atomic E-state index is 0.0978. The van der Waals surface area contributed by atoms with Crippen molar-refractivity contribution < 1.29 is 9.34 Å². The van der Waals surface area contributed by atoms with E-state index >= 15 is 0 Å². The van der Waals surface area contributed by atoms with E-state index in [0.717, 1.165) is 11.3 Å². The largest absolute Gasteiger partial charge is 0.447 e. The molecule has 0 unspecified atom stereocenters. The van der Waals surface area contributed by atoms with Crippen LogP contribution < -0.4 is 5.32 Å². The SMILES string of the molecule is Cc1cc([N+](=O)[O-])c(Cl)cc1NCc1cnco1. The molecule has 1 N–H and O–H groups in total. The first kappa shape index (κ1) is 12.4. The van der Waals surface area contributed by atoms with Crippen LogP contribution in [0.15, 0.2) is 29.1 Å². The number of nitrogens with zero attached hydrogens (tertiary/aromatic N) is 2. The number of benzene rings is 1. The molecule has 6 nitrogen and oxygen atoms in total. The highest BCUT2D eigenvalue weighted by molar-refractivity contribution is 6.33. The minimum atomic E-state index is -0.504. The smallest absolute Gasteiger partial charge is 0.288 e. The van der Waals surface area contributed by atoms with Crippen LogP contribution in [0.2, 0.25) is 5.02 Å². The fraction of sp³-hybridized carbons (Fsp3) is 0.182. The second-order valence-electron chi connectivity index (χ2n) is 3.70. The van der Waals surface area contributed by atoms with Crippen LogP contribution in [0.5, 0.6) is 0 Å². The second kappa shape index (κ2) is 5.05. The molecule has 0 amide bonds. The van der Waals surface area contributed by atoms with Gasteiger partial charge in [-0.2, -0.15) is 0 Å². The quantitative estimate of drug-likeness (QED) is 0.680. The highest BCUT2D eigenvalue weighted by Crippen LogP contribution is 2.30. The molecule has 0 aliphatic carbocycles. The van der Waals surface area contributed by atoms with E-state index in [-0.39, 0.29) is 10.7 Å². The van der Waals surface area contributed by atoms with Gasteiger partial charge in [0, 0.05) is 11.8 Å². The Hall–Kier alpha value is -2.08. The molecule has 7 heteroatoms. The lowest BCUT2D eigenvalue weighted by Gasteiger charge is -2.08. The maximum atomic E-state index is 10.7. The summed E-state index contributed by atoms with van der Waals surface area (Å²) in [5, 5.41) is 13.9. The summed E-state index contributed by atoms with van der Waals surface area (Å²) in [5.41, 5.74) is 1.37. The lowest BCUT2D eigenvalue weighted by atomic mass is 10.1. The zero-order valence-corrected chi connectivity index (χ0v) is 10.3. The number of aryl methyl sites for hydroxylation is 1. The van der Waals surface area contributed by atoms with Crippen molar-refractivity contribution >= 4 is 23.0 Å². The molecule has 2 aromatic rings. The highest BCUT2D eigenvalue weighted by Gasteiger charge is 2.14. The molecule has 0 radical (unpaired) electrons. The monoisotopic (exact) mass is 267 g/mol. The third-order valence-electron chi connectivity index (χ3n) is 2.43. The molecule has 0 aliphatic heterocycles. The summed E-state index contributed by atoms with van der Waals surface area (Å²) >= 11 is 5.84. The fourth-order valence-electron chi connectivity index (χ4n) is 1.51. The van der Waals surface area contributed by atoms with E-state index in [4.69, 9.17) is 16.0 Å². The molecule has 0 saturated heterocycles.